The van der Waals surface area contributed by atoms with E-state index in [0.717, 1.165) is 9.35 Å². The molecule has 0 aliphatic heterocycles. The molecule has 88 valence electrons. The van der Waals surface area contributed by atoms with Crippen LogP contribution in [0.2, 0.25) is 0 Å². The number of ether oxygens (including phenoxy) is 1. The number of rotatable bonds is 4. The van der Waals surface area contributed by atoms with Crippen molar-refractivity contribution in [2.24, 2.45) is 0 Å². The Morgan fingerprint density at radius 3 is 2.88 bits per heavy atom. The smallest absolute Gasteiger partial charge is 0.168 e. The van der Waals surface area contributed by atoms with E-state index in [4.69, 9.17) is 4.74 Å². The monoisotopic (exact) mass is 310 g/mol. The SMILES string of the molecule is COc1cc(C(=O)Cc2cccs2)ccc1Br. The molecule has 0 N–H and O–H groups in total. The van der Waals surface area contributed by atoms with Crippen LogP contribution < -0.4 is 4.74 Å². The maximum atomic E-state index is 12.0. The quantitative estimate of drug-likeness (QED) is 0.799. The Morgan fingerprint density at radius 1 is 1.41 bits per heavy atom. The number of Topliss-reactive ketones (excluding diaryl/α,β-unsaturated/α-hetero) is 1. The summed E-state index contributed by atoms with van der Waals surface area (Å²) in [6, 6.07) is 9.33. The highest BCUT2D eigenvalue weighted by molar-refractivity contribution is 9.10. The van der Waals surface area contributed by atoms with Crippen LogP contribution in [0, 0.1) is 0 Å². The van der Waals surface area contributed by atoms with Gasteiger partial charge in [0, 0.05) is 16.9 Å². The van der Waals surface area contributed by atoms with Crippen LogP contribution in [0.4, 0.5) is 0 Å². The van der Waals surface area contributed by atoms with E-state index in [0.29, 0.717) is 17.7 Å². The minimum atomic E-state index is 0.109. The van der Waals surface area contributed by atoms with Gasteiger partial charge >= 0.3 is 0 Å². The lowest BCUT2D eigenvalue weighted by Crippen LogP contribution is -2.02. The summed E-state index contributed by atoms with van der Waals surface area (Å²) in [6.07, 6.45) is 0.447. The van der Waals surface area contributed by atoms with Crippen LogP contribution >= 0.6 is 27.3 Å². The van der Waals surface area contributed by atoms with Gasteiger partial charge in [-0.05, 0) is 39.5 Å². The Kier molecular flexibility index (Phi) is 3.97. The van der Waals surface area contributed by atoms with Crippen molar-refractivity contribution >= 4 is 33.0 Å². The van der Waals surface area contributed by atoms with Crippen molar-refractivity contribution < 1.29 is 9.53 Å². The van der Waals surface area contributed by atoms with Gasteiger partial charge in [0.1, 0.15) is 5.75 Å². The molecule has 0 spiro atoms. The van der Waals surface area contributed by atoms with E-state index in [1.807, 2.05) is 29.6 Å². The molecule has 0 unspecified atom stereocenters. The minimum absolute atomic E-state index is 0.109. The molecule has 1 heterocycles. The Bertz CT molecular complexity index is 520. The van der Waals surface area contributed by atoms with Gasteiger partial charge in [-0.25, -0.2) is 0 Å². The zero-order valence-electron chi connectivity index (χ0n) is 9.27. The van der Waals surface area contributed by atoms with Crippen LogP contribution in [0.3, 0.4) is 0 Å². The second-order valence-electron chi connectivity index (χ2n) is 3.53. The van der Waals surface area contributed by atoms with Gasteiger partial charge in [0.15, 0.2) is 5.78 Å². The van der Waals surface area contributed by atoms with Gasteiger partial charge in [-0.3, -0.25) is 4.79 Å². The molecular weight excluding hydrogens is 300 g/mol. The lowest BCUT2D eigenvalue weighted by atomic mass is 10.1. The highest BCUT2D eigenvalue weighted by atomic mass is 79.9. The molecule has 0 bridgehead atoms. The number of benzene rings is 1. The van der Waals surface area contributed by atoms with Crippen LogP contribution in [-0.2, 0) is 6.42 Å². The van der Waals surface area contributed by atoms with E-state index >= 15 is 0 Å². The number of methoxy groups -OCH3 is 1. The molecule has 4 heteroatoms. The lowest BCUT2D eigenvalue weighted by molar-refractivity contribution is 0.0993. The Balaban J connectivity index is 2.19. The first-order chi connectivity index (χ1) is 8.20. The molecule has 0 amide bonds. The summed E-state index contributed by atoms with van der Waals surface area (Å²) in [5, 5.41) is 1.98. The second kappa shape index (κ2) is 5.47. The zero-order chi connectivity index (χ0) is 12.3. The van der Waals surface area contributed by atoms with Gasteiger partial charge in [0.05, 0.1) is 11.6 Å². The zero-order valence-corrected chi connectivity index (χ0v) is 11.7. The second-order valence-corrected chi connectivity index (χ2v) is 5.42. The molecule has 0 atom stereocenters. The third-order valence-electron chi connectivity index (χ3n) is 2.39. The van der Waals surface area contributed by atoms with Gasteiger partial charge in [-0.1, -0.05) is 12.1 Å². The number of carbonyl (C=O) groups is 1. The van der Waals surface area contributed by atoms with Gasteiger partial charge in [0.2, 0.25) is 0 Å². The fourth-order valence-corrected chi connectivity index (χ4v) is 2.62. The Labute approximate surface area is 112 Å². The Hall–Kier alpha value is -1.13. The Morgan fingerprint density at radius 2 is 2.24 bits per heavy atom. The summed E-state index contributed by atoms with van der Waals surface area (Å²) in [7, 11) is 1.59. The van der Waals surface area contributed by atoms with Crippen molar-refractivity contribution in [3.8, 4) is 5.75 Å². The van der Waals surface area contributed by atoms with Gasteiger partial charge < -0.3 is 4.74 Å². The highest BCUT2D eigenvalue weighted by Crippen LogP contribution is 2.26. The van der Waals surface area contributed by atoms with Crippen molar-refractivity contribution in [2.75, 3.05) is 7.11 Å². The molecule has 17 heavy (non-hydrogen) atoms. The molecule has 0 fully saturated rings. The van der Waals surface area contributed by atoms with Crippen molar-refractivity contribution in [3.05, 3.63) is 50.6 Å². The van der Waals surface area contributed by atoms with Gasteiger partial charge in [-0.2, -0.15) is 0 Å². The van der Waals surface area contributed by atoms with E-state index in [1.165, 1.54) is 0 Å². The topological polar surface area (TPSA) is 26.3 Å². The average molecular weight is 311 g/mol. The molecule has 0 aliphatic carbocycles. The first kappa shape index (κ1) is 12.3. The summed E-state index contributed by atoms with van der Waals surface area (Å²) in [5.74, 6) is 0.792. The van der Waals surface area contributed by atoms with E-state index in [-0.39, 0.29) is 5.78 Å². The maximum Gasteiger partial charge on any atom is 0.168 e. The maximum absolute atomic E-state index is 12.0. The van der Waals surface area contributed by atoms with Crippen LogP contribution in [0.25, 0.3) is 0 Å². The third-order valence-corrected chi connectivity index (χ3v) is 3.92. The number of halogens is 1. The van der Waals surface area contributed by atoms with E-state index in [2.05, 4.69) is 15.9 Å². The predicted octanol–water partition coefficient (Wildman–Crippen LogP) is 3.94. The van der Waals surface area contributed by atoms with Crippen molar-refractivity contribution in [1.29, 1.82) is 0 Å². The van der Waals surface area contributed by atoms with Crippen LogP contribution in [0.1, 0.15) is 15.2 Å². The molecule has 0 saturated heterocycles. The van der Waals surface area contributed by atoms with Crippen molar-refractivity contribution in [3.63, 3.8) is 0 Å². The summed E-state index contributed by atoms with van der Waals surface area (Å²) in [4.78, 5) is 13.1. The number of carbonyl (C=O) groups excluding carboxylic acids is 1. The molecule has 0 radical (unpaired) electrons. The molecule has 2 rings (SSSR count). The average Bonchev–Trinajstić information content (AvgIpc) is 2.82. The summed E-state index contributed by atoms with van der Waals surface area (Å²) < 4.78 is 6.03. The third kappa shape index (κ3) is 2.96. The van der Waals surface area contributed by atoms with Crippen molar-refractivity contribution in [2.45, 2.75) is 6.42 Å². The molecule has 0 aliphatic rings. The van der Waals surface area contributed by atoms with Crippen LogP contribution in [0.5, 0.6) is 5.75 Å². The molecule has 0 saturated carbocycles. The first-order valence-corrected chi connectivity index (χ1v) is 6.77. The van der Waals surface area contributed by atoms with Crippen molar-refractivity contribution in [1.82, 2.24) is 0 Å². The standard InChI is InChI=1S/C13H11BrO2S/c1-16-13-7-9(4-5-11(13)14)12(15)8-10-3-2-6-17-10/h2-7H,8H2,1H3. The van der Waals surface area contributed by atoms with Crippen LogP contribution in [0.15, 0.2) is 40.2 Å². The minimum Gasteiger partial charge on any atom is -0.496 e. The first-order valence-electron chi connectivity index (χ1n) is 5.10. The number of hydrogen-bond donors (Lipinski definition) is 0. The molecular formula is C13H11BrO2S. The van der Waals surface area contributed by atoms with E-state index < -0.39 is 0 Å². The van der Waals surface area contributed by atoms with E-state index in [1.54, 1.807) is 24.5 Å². The summed E-state index contributed by atoms with van der Waals surface area (Å²) >= 11 is 4.96. The molecule has 1 aromatic heterocycles. The normalized spacial score (nSPS) is 10.2. The fraction of sp³-hybridized carbons (Fsp3) is 0.154. The fourth-order valence-electron chi connectivity index (χ4n) is 1.51. The largest absolute Gasteiger partial charge is 0.496 e. The highest BCUT2D eigenvalue weighted by Gasteiger charge is 2.10. The number of ketones is 1. The van der Waals surface area contributed by atoms with E-state index in [9.17, 15) is 4.79 Å². The number of hydrogen-bond acceptors (Lipinski definition) is 3. The number of thiophene rings is 1. The van der Waals surface area contributed by atoms with Crippen LogP contribution in [-0.4, -0.2) is 12.9 Å². The molecule has 1 aromatic carbocycles. The van der Waals surface area contributed by atoms with Gasteiger partial charge in [0.25, 0.3) is 0 Å². The molecule has 2 aromatic rings. The van der Waals surface area contributed by atoms with Gasteiger partial charge in [-0.15, -0.1) is 11.3 Å². The predicted molar refractivity (Wildman–Crippen MR) is 73.0 cm³/mol. The summed E-state index contributed by atoms with van der Waals surface area (Å²) in [6.45, 7) is 0. The lowest BCUT2D eigenvalue weighted by Gasteiger charge is -2.05. The summed E-state index contributed by atoms with van der Waals surface area (Å²) in [5.41, 5.74) is 0.679. The molecule has 2 nitrogen and oxygen atoms in total.